The first kappa shape index (κ1) is 12.8. The number of rotatable bonds is 5. The van der Waals surface area contributed by atoms with Crippen molar-refractivity contribution in [2.24, 2.45) is 0 Å². The van der Waals surface area contributed by atoms with Gasteiger partial charge in [0.15, 0.2) is 8.68 Å². The molecule has 0 fully saturated rings. The van der Waals surface area contributed by atoms with Crippen molar-refractivity contribution in [2.45, 2.75) is 21.1 Å². The van der Waals surface area contributed by atoms with Gasteiger partial charge in [-0.2, -0.15) is 5.26 Å². The van der Waals surface area contributed by atoms with Crippen molar-refractivity contribution in [3.63, 3.8) is 0 Å². The molecule has 1 heterocycles. The first-order valence-corrected chi connectivity index (χ1v) is 7.26. The van der Waals surface area contributed by atoms with Gasteiger partial charge in [-0.05, 0) is 20.2 Å². The first-order valence-electron chi connectivity index (χ1n) is 4.24. The van der Waals surface area contributed by atoms with Crippen LogP contribution in [0.3, 0.4) is 0 Å². The van der Waals surface area contributed by atoms with Gasteiger partial charge in [0, 0.05) is 5.75 Å². The minimum Gasteiger partial charge on any atom is -0.302 e. The van der Waals surface area contributed by atoms with Crippen LogP contribution in [0.2, 0.25) is 0 Å². The second-order valence-corrected chi connectivity index (χ2v) is 6.27. The van der Waals surface area contributed by atoms with Gasteiger partial charge in [-0.15, -0.1) is 10.2 Å². The van der Waals surface area contributed by atoms with Gasteiger partial charge in [0.05, 0.1) is 6.07 Å². The first-order chi connectivity index (χ1) is 7.13. The molecule has 1 aromatic heterocycles. The fourth-order valence-electron chi connectivity index (χ4n) is 0.704. The highest BCUT2D eigenvalue weighted by molar-refractivity contribution is 8.03. The van der Waals surface area contributed by atoms with Crippen LogP contribution in [0, 0.1) is 11.3 Å². The summed E-state index contributed by atoms with van der Waals surface area (Å²) in [5.74, 6) is 0.670. The molecule has 0 saturated heterocycles. The zero-order chi connectivity index (χ0) is 11.3. The molecule has 0 aliphatic rings. The van der Waals surface area contributed by atoms with Gasteiger partial charge in [-0.1, -0.05) is 34.9 Å². The van der Waals surface area contributed by atoms with Crippen LogP contribution in [0.1, 0.15) is 6.92 Å². The van der Waals surface area contributed by atoms with Gasteiger partial charge in [0.1, 0.15) is 5.54 Å². The Morgan fingerprint density at radius 3 is 2.67 bits per heavy atom. The molecule has 0 radical (unpaired) electrons. The van der Waals surface area contributed by atoms with E-state index in [9.17, 15) is 0 Å². The molecule has 0 saturated carbocycles. The molecule has 1 N–H and O–H groups in total. The molecule has 0 aliphatic heterocycles. The van der Waals surface area contributed by atoms with E-state index < -0.39 is 5.54 Å². The van der Waals surface area contributed by atoms with Crippen molar-refractivity contribution >= 4 is 34.9 Å². The van der Waals surface area contributed by atoms with Gasteiger partial charge in [0.25, 0.3) is 0 Å². The third kappa shape index (κ3) is 3.65. The van der Waals surface area contributed by atoms with Crippen LogP contribution in [-0.4, -0.2) is 34.8 Å². The molecule has 0 bridgehead atoms. The molecule has 15 heavy (non-hydrogen) atoms. The number of thioether (sulfide) groups is 2. The molecular weight excluding hydrogens is 248 g/mol. The lowest BCUT2D eigenvalue weighted by atomic mass is 10.1. The second kappa shape index (κ2) is 5.70. The monoisotopic (exact) mass is 260 g/mol. The van der Waals surface area contributed by atoms with Gasteiger partial charge >= 0.3 is 0 Å². The van der Waals surface area contributed by atoms with E-state index in [-0.39, 0.29) is 0 Å². The van der Waals surface area contributed by atoms with Crippen LogP contribution < -0.4 is 5.32 Å². The van der Waals surface area contributed by atoms with Crippen molar-refractivity contribution in [1.82, 2.24) is 15.5 Å². The lowest BCUT2D eigenvalue weighted by molar-refractivity contribution is 0.550. The number of hydrogen-bond acceptors (Lipinski definition) is 7. The molecule has 1 aromatic rings. The molecule has 0 aliphatic carbocycles. The Morgan fingerprint density at radius 1 is 1.53 bits per heavy atom. The molecule has 1 rings (SSSR count). The Bertz CT molecular complexity index is 359. The van der Waals surface area contributed by atoms with Crippen LogP contribution in [-0.2, 0) is 0 Å². The number of nitriles is 1. The fraction of sp³-hybridized carbons (Fsp3) is 0.625. The summed E-state index contributed by atoms with van der Waals surface area (Å²) in [5, 5.41) is 20.0. The van der Waals surface area contributed by atoms with E-state index in [0.717, 1.165) is 8.68 Å². The average molecular weight is 260 g/mol. The lowest BCUT2D eigenvalue weighted by Gasteiger charge is -2.18. The molecule has 0 aromatic carbocycles. The minimum atomic E-state index is -0.504. The fourth-order valence-corrected chi connectivity index (χ4v) is 3.24. The zero-order valence-electron chi connectivity index (χ0n) is 8.77. The van der Waals surface area contributed by atoms with Crippen LogP contribution in [0.4, 0.5) is 0 Å². The van der Waals surface area contributed by atoms with Crippen LogP contribution >= 0.6 is 34.9 Å². The highest BCUT2D eigenvalue weighted by Crippen LogP contribution is 2.29. The largest absolute Gasteiger partial charge is 0.302 e. The number of nitrogens with zero attached hydrogens (tertiary/aromatic N) is 3. The standard InChI is InChI=1S/C8H12N4S3/c1-8(4-9,10-2)5-14-7-12-11-6(13-3)15-7/h10H,5H2,1-3H3. The maximum Gasteiger partial charge on any atom is 0.175 e. The number of nitrogens with one attached hydrogen (secondary N) is 1. The second-order valence-electron chi connectivity index (χ2n) is 3.02. The van der Waals surface area contributed by atoms with Crippen LogP contribution in [0.5, 0.6) is 0 Å². The molecule has 4 nitrogen and oxygen atoms in total. The van der Waals surface area contributed by atoms with E-state index in [1.807, 2.05) is 13.2 Å². The van der Waals surface area contributed by atoms with Gasteiger partial charge < -0.3 is 5.32 Å². The van der Waals surface area contributed by atoms with Crippen molar-refractivity contribution in [1.29, 1.82) is 5.26 Å². The van der Waals surface area contributed by atoms with Crippen LogP contribution in [0.25, 0.3) is 0 Å². The molecule has 0 amide bonds. The summed E-state index contributed by atoms with van der Waals surface area (Å²) in [5.41, 5.74) is -0.504. The summed E-state index contributed by atoms with van der Waals surface area (Å²) in [6.45, 7) is 1.87. The summed E-state index contributed by atoms with van der Waals surface area (Å²) in [6.07, 6.45) is 1.97. The summed E-state index contributed by atoms with van der Waals surface area (Å²) in [6, 6.07) is 2.24. The van der Waals surface area contributed by atoms with E-state index in [4.69, 9.17) is 5.26 Å². The van der Waals surface area contributed by atoms with Crippen molar-refractivity contribution in [3.8, 4) is 6.07 Å². The Hall–Kier alpha value is -0.290. The molecule has 7 heteroatoms. The highest BCUT2D eigenvalue weighted by atomic mass is 32.2. The molecule has 82 valence electrons. The summed E-state index contributed by atoms with van der Waals surface area (Å²) >= 11 is 4.71. The molecular formula is C8H12N4S3. The van der Waals surface area contributed by atoms with E-state index in [0.29, 0.717) is 5.75 Å². The number of hydrogen-bond donors (Lipinski definition) is 1. The number of aromatic nitrogens is 2. The Morgan fingerprint density at radius 2 is 2.20 bits per heavy atom. The van der Waals surface area contributed by atoms with Gasteiger partial charge in [0.2, 0.25) is 0 Å². The smallest absolute Gasteiger partial charge is 0.175 e. The predicted molar refractivity (Wildman–Crippen MR) is 65.5 cm³/mol. The lowest BCUT2D eigenvalue weighted by Crippen LogP contribution is -2.40. The van der Waals surface area contributed by atoms with E-state index >= 15 is 0 Å². The third-order valence-corrected chi connectivity index (χ3v) is 5.19. The van der Waals surface area contributed by atoms with Crippen molar-refractivity contribution in [3.05, 3.63) is 0 Å². The SMILES string of the molecule is CNC(C)(C#N)CSc1nnc(SC)s1. The average Bonchev–Trinajstić information content (AvgIpc) is 2.74. The quantitative estimate of drug-likeness (QED) is 0.815. The van der Waals surface area contributed by atoms with Gasteiger partial charge in [-0.3, -0.25) is 0 Å². The van der Waals surface area contributed by atoms with Crippen molar-refractivity contribution in [2.75, 3.05) is 19.1 Å². The van der Waals surface area contributed by atoms with Crippen molar-refractivity contribution < 1.29 is 0 Å². The van der Waals surface area contributed by atoms with E-state index in [1.54, 1.807) is 41.9 Å². The Balaban J connectivity index is 2.53. The molecule has 1 unspecified atom stereocenters. The summed E-state index contributed by atoms with van der Waals surface area (Å²) in [7, 11) is 1.79. The highest BCUT2D eigenvalue weighted by Gasteiger charge is 2.22. The molecule has 1 atom stereocenters. The van der Waals surface area contributed by atoms with E-state index in [2.05, 4.69) is 21.6 Å². The summed E-state index contributed by atoms with van der Waals surface area (Å²) in [4.78, 5) is 0. The normalized spacial score (nSPS) is 14.5. The Labute approximate surface area is 102 Å². The van der Waals surface area contributed by atoms with Crippen LogP contribution in [0.15, 0.2) is 8.68 Å². The molecule has 0 spiro atoms. The third-order valence-electron chi connectivity index (χ3n) is 1.85. The van der Waals surface area contributed by atoms with E-state index in [1.165, 1.54) is 0 Å². The topological polar surface area (TPSA) is 61.6 Å². The maximum absolute atomic E-state index is 8.95. The summed E-state index contributed by atoms with van der Waals surface area (Å²) < 4.78 is 1.87. The maximum atomic E-state index is 8.95. The zero-order valence-corrected chi connectivity index (χ0v) is 11.2. The predicted octanol–water partition coefficient (Wildman–Crippen LogP) is 1.85. The Kier molecular flexibility index (Phi) is 4.86. The van der Waals surface area contributed by atoms with Gasteiger partial charge in [-0.25, -0.2) is 0 Å². The minimum absolute atomic E-state index is 0.504.